The summed E-state index contributed by atoms with van der Waals surface area (Å²) in [6.45, 7) is 6.17. The van der Waals surface area contributed by atoms with Gasteiger partial charge in [0.1, 0.15) is 6.61 Å². The third kappa shape index (κ3) is 5.55. The number of hydrogen-bond donors (Lipinski definition) is 0. The lowest BCUT2D eigenvalue weighted by molar-refractivity contribution is -0.155. The van der Waals surface area contributed by atoms with Gasteiger partial charge in [0.15, 0.2) is 4.93 Å². The highest BCUT2D eigenvalue weighted by Gasteiger charge is 2.31. The molecule has 1 saturated heterocycles. The lowest BCUT2D eigenvalue weighted by atomic mass is 10.4. The van der Waals surface area contributed by atoms with Crippen LogP contribution in [0.2, 0.25) is 0 Å². The second-order valence-corrected chi connectivity index (χ2v) is 5.54. The van der Waals surface area contributed by atoms with E-state index in [1.165, 1.54) is 0 Å². The summed E-state index contributed by atoms with van der Waals surface area (Å²) >= 11 is 1.57. The first kappa shape index (κ1) is 15.0. The first-order valence-electron chi connectivity index (χ1n) is 5.78. The van der Waals surface area contributed by atoms with Crippen molar-refractivity contribution in [2.75, 3.05) is 25.6 Å². The van der Waals surface area contributed by atoms with Gasteiger partial charge in [0.2, 0.25) is 0 Å². The maximum absolute atomic E-state index is 11.6. The van der Waals surface area contributed by atoms with E-state index in [0.717, 1.165) is 18.2 Å². The van der Waals surface area contributed by atoms with Crippen LogP contribution in [0.15, 0.2) is 12.7 Å². The standard InChI is InChI=1S/C12H18O5S/c1-3-10(13)16-7-5-11(14)17-12(2)9-15-6-4-8-18-12/h3H,1,4-9H2,2H3. The first-order valence-corrected chi connectivity index (χ1v) is 6.77. The van der Waals surface area contributed by atoms with E-state index in [-0.39, 0.29) is 13.0 Å². The molecule has 102 valence electrons. The maximum atomic E-state index is 11.6. The Morgan fingerprint density at radius 3 is 3.06 bits per heavy atom. The van der Waals surface area contributed by atoms with Crippen LogP contribution in [0.25, 0.3) is 0 Å². The van der Waals surface area contributed by atoms with Gasteiger partial charge in [-0.15, -0.1) is 11.8 Å². The molecular formula is C12H18O5S. The average molecular weight is 274 g/mol. The molecule has 0 aromatic rings. The maximum Gasteiger partial charge on any atom is 0.330 e. The van der Waals surface area contributed by atoms with E-state index >= 15 is 0 Å². The monoisotopic (exact) mass is 274 g/mol. The van der Waals surface area contributed by atoms with E-state index in [9.17, 15) is 9.59 Å². The normalized spacial score (nSPS) is 23.8. The molecule has 0 N–H and O–H groups in total. The van der Waals surface area contributed by atoms with Crippen molar-refractivity contribution < 1.29 is 23.8 Å². The number of ether oxygens (including phenoxy) is 3. The minimum atomic E-state index is -0.643. The van der Waals surface area contributed by atoms with Crippen LogP contribution in [0.3, 0.4) is 0 Å². The fraction of sp³-hybridized carbons (Fsp3) is 0.667. The van der Waals surface area contributed by atoms with E-state index < -0.39 is 16.9 Å². The van der Waals surface area contributed by atoms with Crippen molar-refractivity contribution in [3.05, 3.63) is 12.7 Å². The van der Waals surface area contributed by atoms with Gasteiger partial charge in [-0.3, -0.25) is 4.79 Å². The van der Waals surface area contributed by atoms with Crippen molar-refractivity contribution in [1.82, 2.24) is 0 Å². The van der Waals surface area contributed by atoms with Gasteiger partial charge in [-0.25, -0.2) is 4.79 Å². The SMILES string of the molecule is C=CC(=O)OCCC(=O)OC1(C)COCCCS1. The zero-order valence-electron chi connectivity index (χ0n) is 10.5. The van der Waals surface area contributed by atoms with Crippen LogP contribution in [-0.2, 0) is 23.8 Å². The van der Waals surface area contributed by atoms with Gasteiger partial charge in [-0.1, -0.05) is 6.58 Å². The van der Waals surface area contributed by atoms with E-state index in [1.54, 1.807) is 11.8 Å². The van der Waals surface area contributed by atoms with Crippen LogP contribution < -0.4 is 0 Å². The molecule has 5 nitrogen and oxygen atoms in total. The molecule has 1 aliphatic rings. The molecule has 1 rings (SSSR count). The summed E-state index contributed by atoms with van der Waals surface area (Å²) in [4.78, 5) is 21.7. The van der Waals surface area contributed by atoms with Gasteiger partial charge in [0.05, 0.1) is 13.0 Å². The highest BCUT2D eigenvalue weighted by molar-refractivity contribution is 8.00. The minimum absolute atomic E-state index is 0.00525. The van der Waals surface area contributed by atoms with Crippen LogP contribution in [0.1, 0.15) is 19.8 Å². The number of thioether (sulfide) groups is 1. The quantitative estimate of drug-likeness (QED) is 0.559. The van der Waals surface area contributed by atoms with Gasteiger partial charge in [0.25, 0.3) is 0 Å². The van der Waals surface area contributed by atoms with Crippen molar-refractivity contribution in [3.8, 4) is 0 Å². The Labute approximate surface area is 111 Å². The number of carbonyl (C=O) groups is 2. The van der Waals surface area contributed by atoms with E-state index in [4.69, 9.17) is 14.2 Å². The molecule has 0 aliphatic carbocycles. The third-order valence-corrected chi connectivity index (χ3v) is 3.56. The minimum Gasteiger partial charge on any atom is -0.462 e. The summed E-state index contributed by atoms with van der Waals surface area (Å²) in [7, 11) is 0. The largest absolute Gasteiger partial charge is 0.462 e. The summed E-state index contributed by atoms with van der Waals surface area (Å²) in [6, 6.07) is 0. The van der Waals surface area contributed by atoms with Crippen molar-refractivity contribution in [2.24, 2.45) is 0 Å². The molecule has 0 aromatic heterocycles. The Hall–Kier alpha value is -1.01. The number of esters is 2. The Kier molecular flexibility index (Phi) is 6.21. The molecule has 0 bridgehead atoms. The summed E-state index contributed by atoms with van der Waals surface area (Å²) in [6.07, 6.45) is 2.05. The molecule has 1 heterocycles. The molecule has 18 heavy (non-hydrogen) atoms. The highest BCUT2D eigenvalue weighted by atomic mass is 32.2. The van der Waals surface area contributed by atoms with Crippen molar-refractivity contribution in [2.45, 2.75) is 24.7 Å². The fourth-order valence-corrected chi connectivity index (χ4v) is 2.41. The van der Waals surface area contributed by atoms with Gasteiger partial charge < -0.3 is 14.2 Å². The zero-order chi connectivity index (χ0) is 13.4. The number of rotatable bonds is 5. The molecule has 0 saturated carbocycles. The fourth-order valence-electron chi connectivity index (χ4n) is 1.39. The first-order chi connectivity index (χ1) is 8.56. The second kappa shape index (κ2) is 7.43. The van der Waals surface area contributed by atoms with Gasteiger partial charge in [-0.05, 0) is 19.1 Å². The molecule has 6 heteroatoms. The molecule has 0 aromatic carbocycles. The summed E-state index contributed by atoms with van der Waals surface area (Å²) < 4.78 is 15.4. The van der Waals surface area contributed by atoms with E-state index in [0.29, 0.717) is 13.2 Å². The molecule has 0 spiro atoms. The predicted molar refractivity (Wildman–Crippen MR) is 68.2 cm³/mol. The lowest BCUT2D eigenvalue weighted by Crippen LogP contribution is -2.33. The third-order valence-electron chi connectivity index (χ3n) is 2.25. The van der Waals surface area contributed by atoms with Gasteiger partial charge in [0, 0.05) is 12.7 Å². The molecule has 1 atom stereocenters. The van der Waals surface area contributed by atoms with E-state index in [2.05, 4.69) is 6.58 Å². The van der Waals surface area contributed by atoms with Crippen molar-refractivity contribution in [1.29, 1.82) is 0 Å². The Balaban J connectivity index is 2.29. The summed E-state index contributed by atoms with van der Waals surface area (Å²) in [5, 5.41) is 0. The van der Waals surface area contributed by atoms with Crippen molar-refractivity contribution in [3.63, 3.8) is 0 Å². The molecular weight excluding hydrogens is 256 g/mol. The summed E-state index contributed by atoms with van der Waals surface area (Å²) in [5.41, 5.74) is 0. The van der Waals surface area contributed by atoms with Gasteiger partial charge in [-0.2, -0.15) is 0 Å². The molecule has 1 aliphatic heterocycles. The topological polar surface area (TPSA) is 61.8 Å². The van der Waals surface area contributed by atoms with Crippen LogP contribution >= 0.6 is 11.8 Å². The number of carbonyl (C=O) groups excluding carboxylic acids is 2. The van der Waals surface area contributed by atoms with Crippen LogP contribution in [0, 0.1) is 0 Å². The molecule has 0 radical (unpaired) electrons. The van der Waals surface area contributed by atoms with Crippen LogP contribution in [0.4, 0.5) is 0 Å². The molecule has 1 unspecified atom stereocenters. The second-order valence-electron chi connectivity index (χ2n) is 3.98. The Morgan fingerprint density at radius 1 is 1.56 bits per heavy atom. The van der Waals surface area contributed by atoms with Crippen LogP contribution in [-0.4, -0.2) is 42.4 Å². The predicted octanol–water partition coefficient (Wildman–Crippen LogP) is 1.52. The highest BCUT2D eigenvalue weighted by Crippen LogP contribution is 2.30. The zero-order valence-corrected chi connectivity index (χ0v) is 11.3. The average Bonchev–Trinajstić information content (AvgIpc) is 2.53. The lowest BCUT2D eigenvalue weighted by Gasteiger charge is -2.26. The van der Waals surface area contributed by atoms with E-state index in [1.807, 2.05) is 6.92 Å². The molecule has 1 fully saturated rings. The molecule has 0 amide bonds. The summed E-state index contributed by atoms with van der Waals surface area (Å²) in [5.74, 6) is -0.0385. The smallest absolute Gasteiger partial charge is 0.330 e. The Morgan fingerprint density at radius 2 is 2.33 bits per heavy atom. The number of hydrogen-bond acceptors (Lipinski definition) is 6. The van der Waals surface area contributed by atoms with Gasteiger partial charge >= 0.3 is 11.9 Å². The van der Waals surface area contributed by atoms with Crippen LogP contribution in [0.5, 0.6) is 0 Å². The Bertz CT molecular complexity index is 308. The van der Waals surface area contributed by atoms with Crippen molar-refractivity contribution >= 4 is 23.7 Å².